The van der Waals surface area contributed by atoms with Gasteiger partial charge >= 0.3 is 0 Å². The van der Waals surface area contributed by atoms with E-state index in [0.29, 0.717) is 34.9 Å². The Bertz CT molecular complexity index is 1430. The first kappa shape index (κ1) is 24.1. The summed E-state index contributed by atoms with van der Waals surface area (Å²) < 4.78 is 11.5. The summed E-state index contributed by atoms with van der Waals surface area (Å²) >= 11 is 0. The van der Waals surface area contributed by atoms with Crippen LogP contribution in [0.25, 0.3) is 0 Å². The molecule has 10 nitrogen and oxygen atoms in total. The van der Waals surface area contributed by atoms with Crippen LogP contribution in [0.4, 0.5) is 11.4 Å². The summed E-state index contributed by atoms with van der Waals surface area (Å²) in [6.07, 6.45) is 1.60. The molecule has 10 heteroatoms. The highest BCUT2D eigenvalue weighted by molar-refractivity contribution is 6.21. The van der Waals surface area contributed by atoms with Crippen LogP contribution in [0.5, 0.6) is 11.5 Å². The van der Waals surface area contributed by atoms with E-state index in [1.165, 1.54) is 29.2 Å². The summed E-state index contributed by atoms with van der Waals surface area (Å²) in [5.74, 6) is -0.365. The van der Waals surface area contributed by atoms with Crippen molar-refractivity contribution in [3.63, 3.8) is 0 Å². The fourth-order valence-electron chi connectivity index (χ4n) is 4.47. The lowest BCUT2D eigenvalue weighted by Crippen LogP contribution is -2.36. The molecule has 3 aromatic carbocycles. The zero-order chi connectivity index (χ0) is 26.1. The van der Waals surface area contributed by atoms with Crippen molar-refractivity contribution in [1.29, 1.82) is 0 Å². The first-order valence-corrected chi connectivity index (χ1v) is 11.8. The molecule has 1 fully saturated rings. The van der Waals surface area contributed by atoms with Gasteiger partial charge in [0, 0.05) is 35.6 Å². The van der Waals surface area contributed by atoms with Crippen molar-refractivity contribution in [2.24, 2.45) is 0 Å². The van der Waals surface area contributed by atoms with E-state index in [4.69, 9.17) is 9.47 Å². The Balaban J connectivity index is 1.28. The first-order chi connectivity index (χ1) is 17.8. The first-order valence-electron chi connectivity index (χ1n) is 11.8. The fourth-order valence-corrected chi connectivity index (χ4v) is 4.47. The average molecular weight is 501 g/mol. The topological polar surface area (TPSA) is 128 Å². The maximum absolute atomic E-state index is 12.9. The Kier molecular flexibility index (Phi) is 6.41. The number of fused-ring (bicyclic) bond motifs is 1. The molecule has 1 saturated heterocycles. The molecular formula is C27H23N3O7. The minimum Gasteiger partial charge on any atom is -0.457 e. The molecule has 5 rings (SSSR count). The molecule has 0 saturated carbocycles. The van der Waals surface area contributed by atoms with Gasteiger partial charge in [-0.2, -0.15) is 0 Å². The van der Waals surface area contributed by atoms with Crippen LogP contribution in [-0.4, -0.2) is 46.8 Å². The van der Waals surface area contributed by atoms with E-state index < -0.39 is 10.8 Å². The van der Waals surface area contributed by atoms with Crippen molar-refractivity contribution in [2.75, 3.05) is 18.5 Å². The third kappa shape index (κ3) is 4.91. The quantitative estimate of drug-likeness (QED) is 0.282. The Morgan fingerprint density at radius 2 is 1.86 bits per heavy atom. The number of hydrogen-bond acceptors (Lipinski definition) is 7. The van der Waals surface area contributed by atoms with Crippen molar-refractivity contribution in [1.82, 2.24) is 4.90 Å². The molecule has 0 aliphatic carbocycles. The van der Waals surface area contributed by atoms with Gasteiger partial charge in [-0.3, -0.25) is 29.4 Å². The van der Waals surface area contributed by atoms with Gasteiger partial charge in [-0.15, -0.1) is 0 Å². The molecule has 188 valence electrons. The molecule has 0 spiro atoms. The van der Waals surface area contributed by atoms with Crippen LogP contribution >= 0.6 is 0 Å². The second-order valence-corrected chi connectivity index (χ2v) is 8.91. The molecule has 1 atom stereocenters. The molecule has 1 N–H and O–H groups in total. The van der Waals surface area contributed by atoms with Crippen molar-refractivity contribution < 1.29 is 28.8 Å². The highest BCUT2D eigenvalue weighted by Crippen LogP contribution is 2.31. The molecule has 2 aliphatic heterocycles. The van der Waals surface area contributed by atoms with Gasteiger partial charge in [-0.25, -0.2) is 0 Å². The van der Waals surface area contributed by atoms with Gasteiger partial charge in [0.05, 0.1) is 28.7 Å². The smallest absolute Gasteiger partial charge is 0.272 e. The Labute approximate surface area is 211 Å². The number of nitrogens with zero attached hydrogens (tertiary/aromatic N) is 2. The second kappa shape index (κ2) is 9.82. The van der Waals surface area contributed by atoms with E-state index in [0.717, 1.165) is 12.8 Å². The van der Waals surface area contributed by atoms with Crippen LogP contribution in [0.1, 0.15) is 49.5 Å². The predicted molar refractivity (Wildman–Crippen MR) is 133 cm³/mol. The lowest BCUT2D eigenvalue weighted by atomic mass is 10.1. The molecule has 37 heavy (non-hydrogen) atoms. The number of nitro groups is 1. The molecule has 0 aromatic heterocycles. The number of nitrogens with one attached hydrogen (secondary N) is 1. The van der Waals surface area contributed by atoms with Gasteiger partial charge in [0.15, 0.2) is 0 Å². The minimum atomic E-state index is -0.498. The van der Waals surface area contributed by atoms with Crippen LogP contribution < -0.4 is 10.1 Å². The summed E-state index contributed by atoms with van der Waals surface area (Å²) in [6.45, 7) is 2.44. The third-order valence-electron chi connectivity index (χ3n) is 6.34. The summed E-state index contributed by atoms with van der Waals surface area (Å²) in [5, 5.41) is 13.8. The number of amides is 3. The summed E-state index contributed by atoms with van der Waals surface area (Å²) in [6, 6.07) is 15.5. The van der Waals surface area contributed by atoms with Gasteiger partial charge in [0.25, 0.3) is 23.4 Å². The number of nitro benzene ring substituents is 1. The number of carbonyl (C=O) groups excluding carboxylic acids is 3. The lowest BCUT2D eigenvalue weighted by molar-refractivity contribution is -0.385. The molecule has 2 aliphatic rings. The van der Waals surface area contributed by atoms with Crippen molar-refractivity contribution in [3.8, 4) is 11.5 Å². The molecule has 3 aromatic rings. The summed E-state index contributed by atoms with van der Waals surface area (Å²) in [7, 11) is 0. The van der Waals surface area contributed by atoms with Gasteiger partial charge in [0.2, 0.25) is 0 Å². The van der Waals surface area contributed by atoms with Gasteiger partial charge in [-0.05, 0) is 62.2 Å². The number of carbonyl (C=O) groups is 3. The summed E-state index contributed by atoms with van der Waals surface area (Å²) in [5.41, 5.74) is 1.66. The monoisotopic (exact) mass is 501 g/mol. The molecular weight excluding hydrogens is 478 g/mol. The van der Waals surface area contributed by atoms with Crippen molar-refractivity contribution >= 4 is 29.1 Å². The maximum atomic E-state index is 12.9. The van der Waals surface area contributed by atoms with Gasteiger partial charge < -0.3 is 14.8 Å². The fraction of sp³-hybridized carbons (Fsp3) is 0.222. The molecule has 0 radical (unpaired) electrons. The number of rotatable bonds is 7. The lowest BCUT2D eigenvalue weighted by Gasteiger charge is -2.17. The number of ether oxygens (including phenoxy) is 2. The van der Waals surface area contributed by atoms with Gasteiger partial charge in [-0.1, -0.05) is 6.07 Å². The van der Waals surface area contributed by atoms with E-state index in [-0.39, 0.29) is 41.3 Å². The number of benzene rings is 3. The average Bonchev–Trinajstić information content (AvgIpc) is 3.47. The predicted octanol–water partition coefficient (Wildman–Crippen LogP) is 4.72. The summed E-state index contributed by atoms with van der Waals surface area (Å²) in [4.78, 5) is 50.0. The number of anilines is 1. The highest BCUT2D eigenvalue weighted by atomic mass is 16.6. The third-order valence-corrected chi connectivity index (χ3v) is 6.34. The molecule has 2 heterocycles. The van der Waals surface area contributed by atoms with Crippen molar-refractivity contribution in [3.05, 3.63) is 93.0 Å². The number of imide groups is 1. The van der Waals surface area contributed by atoms with E-state index in [1.54, 1.807) is 43.3 Å². The van der Waals surface area contributed by atoms with E-state index in [9.17, 15) is 24.5 Å². The van der Waals surface area contributed by atoms with E-state index >= 15 is 0 Å². The van der Waals surface area contributed by atoms with Gasteiger partial charge in [0.1, 0.15) is 11.5 Å². The zero-order valence-corrected chi connectivity index (χ0v) is 19.9. The molecule has 0 bridgehead atoms. The number of hydrogen-bond donors (Lipinski definition) is 1. The normalized spacial score (nSPS) is 16.6. The SMILES string of the molecule is Cc1cc(C(=O)Nc2cccc(Oc3ccc4c(c3)C(=O)N(CC3CCCO3)C4=O)c2)ccc1[N+](=O)[O-]. The highest BCUT2D eigenvalue weighted by Gasteiger charge is 2.37. The Morgan fingerprint density at radius 1 is 1.08 bits per heavy atom. The van der Waals surface area contributed by atoms with E-state index in [1.807, 2.05) is 0 Å². The maximum Gasteiger partial charge on any atom is 0.272 e. The Hall–Kier alpha value is -4.57. The van der Waals surface area contributed by atoms with Crippen molar-refractivity contribution in [2.45, 2.75) is 25.9 Å². The van der Waals surface area contributed by atoms with E-state index in [2.05, 4.69) is 5.32 Å². The van der Waals surface area contributed by atoms with Crippen LogP contribution in [-0.2, 0) is 4.74 Å². The van der Waals surface area contributed by atoms with Crippen LogP contribution in [0.3, 0.4) is 0 Å². The van der Waals surface area contributed by atoms with Crippen LogP contribution in [0.15, 0.2) is 60.7 Å². The molecule has 1 unspecified atom stereocenters. The molecule has 3 amide bonds. The van der Waals surface area contributed by atoms with Crippen LogP contribution in [0.2, 0.25) is 0 Å². The Morgan fingerprint density at radius 3 is 2.59 bits per heavy atom. The number of aryl methyl sites for hydroxylation is 1. The zero-order valence-electron chi connectivity index (χ0n) is 19.9. The second-order valence-electron chi connectivity index (χ2n) is 8.91. The van der Waals surface area contributed by atoms with Crippen LogP contribution in [0, 0.1) is 17.0 Å². The largest absolute Gasteiger partial charge is 0.457 e. The standard InChI is InChI=1S/C27H23N3O7/c1-16-12-17(7-10-24(16)30(34)35)25(31)28-18-4-2-5-19(13-18)37-20-8-9-22-23(14-20)27(33)29(26(22)32)15-21-6-3-11-36-21/h2,4-5,7-10,12-14,21H,3,6,11,15H2,1H3,(H,28,31). The minimum absolute atomic E-state index is 0.0588.